The fraction of sp³-hybridized carbons (Fsp3) is 0.533. The summed E-state index contributed by atoms with van der Waals surface area (Å²) >= 11 is 0. The molecule has 0 saturated carbocycles. The average molecular weight is 287 g/mol. The molecule has 6 heteroatoms. The number of hydrogen-bond acceptors (Lipinski definition) is 5. The summed E-state index contributed by atoms with van der Waals surface area (Å²) in [5.41, 5.74) is -0.446. The molecule has 0 unspecified atom stereocenters. The van der Waals surface area contributed by atoms with Crippen LogP contribution in [0, 0.1) is 0 Å². The molecule has 1 aromatic rings. The SMILES string of the molecule is C=CCN1CCN(C)C(=O)[C@]12CCN(c1cnccn1)C2. The Kier molecular flexibility index (Phi) is 3.63. The Balaban J connectivity index is 1.87. The van der Waals surface area contributed by atoms with E-state index in [4.69, 9.17) is 0 Å². The van der Waals surface area contributed by atoms with Gasteiger partial charge in [-0.25, -0.2) is 4.98 Å². The first-order valence-electron chi connectivity index (χ1n) is 7.30. The van der Waals surface area contributed by atoms with Gasteiger partial charge in [-0.05, 0) is 6.42 Å². The van der Waals surface area contributed by atoms with E-state index >= 15 is 0 Å². The molecule has 0 radical (unpaired) electrons. The Bertz CT molecular complexity index is 534. The first-order chi connectivity index (χ1) is 10.2. The van der Waals surface area contributed by atoms with Crippen LogP contribution in [0.15, 0.2) is 31.2 Å². The van der Waals surface area contributed by atoms with Gasteiger partial charge in [0.2, 0.25) is 5.91 Å². The van der Waals surface area contributed by atoms with Crippen LogP contribution in [-0.4, -0.2) is 71.0 Å². The Morgan fingerprint density at radius 1 is 1.38 bits per heavy atom. The maximum absolute atomic E-state index is 12.8. The molecule has 2 fully saturated rings. The van der Waals surface area contributed by atoms with E-state index in [-0.39, 0.29) is 5.91 Å². The molecular formula is C15H21N5O. The average Bonchev–Trinajstić information content (AvgIpc) is 2.96. The minimum Gasteiger partial charge on any atom is -0.353 e. The fourth-order valence-electron chi connectivity index (χ4n) is 3.38. The zero-order valence-corrected chi connectivity index (χ0v) is 12.4. The van der Waals surface area contributed by atoms with Gasteiger partial charge in [0.1, 0.15) is 11.4 Å². The third-order valence-corrected chi connectivity index (χ3v) is 4.53. The second-order valence-corrected chi connectivity index (χ2v) is 5.73. The molecule has 0 bridgehead atoms. The maximum Gasteiger partial charge on any atom is 0.244 e. The zero-order chi connectivity index (χ0) is 14.9. The van der Waals surface area contributed by atoms with Gasteiger partial charge in [-0.2, -0.15) is 0 Å². The minimum atomic E-state index is -0.446. The van der Waals surface area contributed by atoms with E-state index in [9.17, 15) is 4.79 Å². The predicted molar refractivity (Wildman–Crippen MR) is 81.0 cm³/mol. The largest absolute Gasteiger partial charge is 0.353 e. The third kappa shape index (κ3) is 2.29. The Morgan fingerprint density at radius 2 is 2.24 bits per heavy atom. The van der Waals surface area contributed by atoms with Crippen molar-refractivity contribution in [3.05, 3.63) is 31.2 Å². The molecule has 2 aliphatic rings. The smallest absolute Gasteiger partial charge is 0.244 e. The highest BCUT2D eigenvalue weighted by Gasteiger charge is 2.52. The van der Waals surface area contributed by atoms with Crippen LogP contribution in [-0.2, 0) is 4.79 Å². The van der Waals surface area contributed by atoms with Gasteiger partial charge in [0, 0.05) is 52.2 Å². The maximum atomic E-state index is 12.8. The lowest BCUT2D eigenvalue weighted by Crippen LogP contribution is -2.66. The van der Waals surface area contributed by atoms with Crippen LogP contribution in [0.2, 0.25) is 0 Å². The Labute approximate surface area is 125 Å². The Morgan fingerprint density at radius 3 is 2.95 bits per heavy atom. The number of carbonyl (C=O) groups excluding carboxylic acids is 1. The van der Waals surface area contributed by atoms with Crippen molar-refractivity contribution in [1.82, 2.24) is 19.8 Å². The van der Waals surface area contributed by atoms with Gasteiger partial charge in [-0.3, -0.25) is 14.7 Å². The highest BCUT2D eigenvalue weighted by Crippen LogP contribution is 2.34. The van der Waals surface area contributed by atoms with Crippen LogP contribution in [0.25, 0.3) is 0 Å². The number of likely N-dealkylation sites (N-methyl/N-ethyl adjacent to an activating group) is 1. The lowest BCUT2D eigenvalue weighted by Gasteiger charge is -2.46. The van der Waals surface area contributed by atoms with E-state index in [2.05, 4.69) is 26.3 Å². The van der Waals surface area contributed by atoms with Crippen LogP contribution in [0.1, 0.15) is 6.42 Å². The van der Waals surface area contributed by atoms with E-state index in [0.29, 0.717) is 6.54 Å². The first kappa shape index (κ1) is 14.0. The summed E-state index contributed by atoms with van der Waals surface area (Å²) in [4.78, 5) is 27.5. The normalized spacial score (nSPS) is 26.6. The summed E-state index contributed by atoms with van der Waals surface area (Å²) in [6.07, 6.45) is 7.81. The molecular weight excluding hydrogens is 266 g/mol. The molecule has 2 aliphatic heterocycles. The monoisotopic (exact) mass is 287 g/mol. The van der Waals surface area contributed by atoms with Crippen molar-refractivity contribution in [3.63, 3.8) is 0 Å². The first-order valence-corrected chi connectivity index (χ1v) is 7.30. The lowest BCUT2D eigenvalue weighted by atomic mass is 9.91. The van der Waals surface area contributed by atoms with Crippen molar-refractivity contribution in [3.8, 4) is 0 Å². The summed E-state index contributed by atoms with van der Waals surface area (Å²) in [5, 5.41) is 0. The van der Waals surface area contributed by atoms with Crippen molar-refractivity contribution in [2.24, 2.45) is 0 Å². The number of anilines is 1. The second-order valence-electron chi connectivity index (χ2n) is 5.73. The van der Waals surface area contributed by atoms with Crippen LogP contribution in [0.4, 0.5) is 5.82 Å². The minimum absolute atomic E-state index is 0.210. The molecule has 0 N–H and O–H groups in total. The molecule has 3 rings (SSSR count). The molecule has 1 aromatic heterocycles. The molecule has 112 valence electrons. The fourth-order valence-corrected chi connectivity index (χ4v) is 3.38. The van der Waals surface area contributed by atoms with Crippen molar-refractivity contribution < 1.29 is 4.79 Å². The number of aromatic nitrogens is 2. The molecule has 0 aliphatic carbocycles. The highest BCUT2D eigenvalue weighted by molar-refractivity contribution is 5.88. The zero-order valence-electron chi connectivity index (χ0n) is 12.4. The number of carbonyl (C=O) groups is 1. The lowest BCUT2D eigenvalue weighted by molar-refractivity contribution is -0.147. The summed E-state index contributed by atoms with van der Waals surface area (Å²) < 4.78 is 0. The molecule has 0 aromatic carbocycles. The third-order valence-electron chi connectivity index (χ3n) is 4.53. The van der Waals surface area contributed by atoms with Crippen molar-refractivity contribution in [2.45, 2.75) is 12.0 Å². The van der Waals surface area contributed by atoms with Crippen LogP contribution < -0.4 is 4.90 Å². The quantitative estimate of drug-likeness (QED) is 0.753. The van der Waals surface area contributed by atoms with Crippen molar-refractivity contribution in [2.75, 3.05) is 44.7 Å². The molecule has 1 atom stereocenters. The molecule has 2 saturated heterocycles. The van der Waals surface area contributed by atoms with Gasteiger partial charge in [-0.15, -0.1) is 6.58 Å². The number of amides is 1. The predicted octanol–water partition coefficient (Wildman–Crippen LogP) is 0.385. The van der Waals surface area contributed by atoms with E-state index < -0.39 is 5.54 Å². The number of hydrogen-bond donors (Lipinski definition) is 0. The van der Waals surface area contributed by atoms with Gasteiger partial charge < -0.3 is 9.80 Å². The van der Waals surface area contributed by atoms with E-state index in [1.165, 1.54) is 0 Å². The van der Waals surface area contributed by atoms with Crippen LogP contribution in [0.3, 0.4) is 0 Å². The van der Waals surface area contributed by atoms with Gasteiger partial charge in [0.05, 0.1) is 6.20 Å². The second kappa shape index (κ2) is 5.44. The molecule has 21 heavy (non-hydrogen) atoms. The van der Waals surface area contributed by atoms with E-state index in [0.717, 1.165) is 38.4 Å². The van der Waals surface area contributed by atoms with E-state index in [1.54, 1.807) is 18.6 Å². The highest BCUT2D eigenvalue weighted by atomic mass is 16.2. The molecule has 1 spiro atoms. The number of piperazine rings is 1. The van der Waals surface area contributed by atoms with Gasteiger partial charge in [-0.1, -0.05) is 6.08 Å². The summed E-state index contributed by atoms with van der Waals surface area (Å²) in [6, 6.07) is 0. The van der Waals surface area contributed by atoms with Gasteiger partial charge in [0.15, 0.2) is 0 Å². The summed E-state index contributed by atoms with van der Waals surface area (Å²) in [5.74, 6) is 1.05. The summed E-state index contributed by atoms with van der Waals surface area (Å²) in [6.45, 7) is 7.74. The van der Waals surface area contributed by atoms with Crippen LogP contribution >= 0.6 is 0 Å². The number of nitrogens with zero attached hydrogens (tertiary/aromatic N) is 5. The van der Waals surface area contributed by atoms with Crippen molar-refractivity contribution >= 4 is 11.7 Å². The topological polar surface area (TPSA) is 52.6 Å². The molecule has 1 amide bonds. The van der Waals surface area contributed by atoms with Gasteiger partial charge >= 0.3 is 0 Å². The molecule has 6 nitrogen and oxygen atoms in total. The van der Waals surface area contributed by atoms with Crippen molar-refractivity contribution in [1.29, 1.82) is 0 Å². The Hall–Kier alpha value is -1.95. The summed E-state index contributed by atoms with van der Waals surface area (Å²) in [7, 11) is 1.89. The van der Waals surface area contributed by atoms with Crippen LogP contribution in [0.5, 0.6) is 0 Å². The molecule has 3 heterocycles. The number of rotatable bonds is 3. The standard InChI is InChI=1S/C15H21N5O/c1-3-7-20-10-9-18(2)14(21)15(20)4-8-19(12-15)13-11-16-5-6-17-13/h3,5-6,11H,1,4,7-10,12H2,2H3/t15-/m1/s1. The van der Waals surface area contributed by atoms with E-state index in [1.807, 2.05) is 18.0 Å². The van der Waals surface area contributed by atoms with Gasteiger partial charge in [0.25, 0.3) is 0 Å².